The minimum atomic E-state index is -0.459. The molecule has 2 amide bonds. The van der Waals surface area contributed by atoms with Crippen LogP contribution < -0.4 is 10.2 Å². The zero-order valence-corrected chi connectivity index (χ0v) is 15.1. The number of hydrogen-bond acceptors (Lipinski definition) is 5. The van der Waals surface area contributed by atoms with Crippen LogP contribution in [0.2, 0.25) is 0 Å². The zero-order valence-electron chi connectivity index (χ0n) is 14.2. The Labute approximate surface area is 155 Å². The Morgan fingerprint density at radius 2 is 2.00 bits per heavy atom. The maximum Gasteiger partial charge on any atom is 0.276 e. The van der Waals surface area contributed by atoms with E-state index in [2.05, 4.69) is 28.3 Å². The van der Waals surface area contributed by atoms with Crippen LogP contribution in [0.25, 0.3) is 5.69 Å². The van der Waals surface area contributed by atoms with Gasteiger partial charge in [0.25, 0.3) is 5.24 Å². The van der Waals surface area contributed by atoms with Crippen molar-refractivity contribution in [3.63, 3.8) is 0 Å². The van der Waals surface area contributed by atoms with Gasteiger partial charge in [-0.25, -0.2) is 9.07 Å². The maximum atomic E-state index is 14.6. The Hall–Kier alpha value is -2.62. The molecular weight excluding hydrogens is 359 g/mol. The van der Waals surface area contributed by atoms with Gasteiger partial charge in [-0.05, 0) is 12.1 Å². The van der Waals surface area contributed by atoms with Crippen LogP contribution in [0.5, 0.6) is 0 Å². The van der Waals surface area contributed by atoms with E-state index in [1.807, 2.05) is 4.90 Å². The number of anilines is 1. The number of carbonyl (C=O) groups excluding carboxylic acids is 2. The van der Waals surface area contributed by atoms with Gasteiger partial charge in [-0.3, -0.25) is 9.59 Å². The summed E-state index contributed by atoms with van der Waals surface area (Å²) >= 11 is 3.62. The second kappa shape index (κ2) is 7.73. The first-order valence-electron chi connectivity index (χ1n) is 8.12. The number of hydrogen-bond donors (Lipinski definition) is 2. The van der Waals surface area contributed by atoms with Gasteiger partial charge >= 0.3 is 0 Å². The van der Waals surface area contributed by atoms with Crippen molar-refractivity contribution in [2.75, 3.05) is 31.1 Å². The molecule has 1 aliphatic heterocycles. The molecule has 1 saturated heterocycles. The Balaban J connectivity index is 1.70. The summed E-state index contributed by atoms with van der Waals surface area (Å²) in [5, 5.41) is 9.91. The molecule has 1 fully saturated rings. The van der Waals surface area contributed by atoms with E-state index in [9.17, 15) is 14.0 Å². The third-order valence-electron chi connectivity index (χ3n) is 4.22. The van der Waals surface area contributed by atoms with Crippen LogP contribution >= 0.6 is 12.6 Å². The lowest BCUT2D eigenvalue weighted by Gasteiger charge is -2.35. The maximum absolute atomic E-state index is 14.6. The fraction of sp³-hybridized carbons (Fsp3) is 0.375. The highest BCUT2D eigenvalue weighted by atomic mass is 32.1. The molecule has 26 heavy (non-hydrogen) atoms. The normalized spacial score (nSPS) is 14.4. The molecule has 0 saturated carbocycles. The van der Waals surface area contributed by atoms with Crippen molar-refractivity contribution in [3.8, 4) is 5.69 Å². The summed E-state index contributed by atoms with van der Waals surface area (Å²) in [5.41, 5.74) is 1.57. The summed E-state index contributed by atoms with van der Waals surface area (Å²) in [6.45, 7) is 4.08. The highest BCUT2D eigenvalue weighted by Crippen LogP contribution is 2.23. The molecule has 10 heteroatoms. The molecule has 1 aromatic heterocycles. The Bertz CT molecular complexity index is 819. The molecule has 8 nitrogen and oxygen atoms in total. The molecule has 0 radical (unpaired) electrons. The first kappa shape index (κ1) is 18.2. The predicted molar refractivity (Wildman–Crippen MR) is 97.0 cm³/mol. The average Bonchev–Trinajstić information content (AvgIpc) is 3.09. The number of thiol groups is 1. The summed E-state index contributed by atoms with van der Waals surface area (Å²) in [5.74, 6) is -0.323. The second-order valence-electron chi connectivity index (χ2n) is 5.94. The van der Waals surface area contributed by atoms with Gasteiger partial charge in [0.15, 0.2) is 0 Å². The summed E-state index contributed by atoms with van der Waals surface area (Å²) in [7, 11) is 0. The first-order chi connectivity index (χ1) is 12.4. The van der Waals surface area contributed by atoms with E-state index in [0.717, 1.165) is 0 Å². The number of nitrogens with one attached hydrogen (secondary N) is 1. The monoisotopic (exact) mass is 378 g/mol. The molecule has 0 spiro atoms. The zero-order chi connectivity index (χ0) is 18.7. The van der Waals surface area contributed by atoms with E-state index in [-0.39, 0.29) is 18.3 Å². The molecule has 1 aliphatic rings. The van der Waals surface area contributed by atoms with Crippen LogP contribution in [-0.2, 0) is 11.3 Å². The molecule has 138 valence electrons. The van der Waals surface area contributed by atoms with E-state index in [1.165, 1.54) is 10.7 Å². The quantitative estimate of drug-likeness (QED) is 0.782. The minimum absolute atomic E-state index is 0.0385. The van der Waals surface area contributed by atoms with Gasteiger partial charge in [-0.1, -0.05) is 17.8 Å². The van der Waals surface area contributed by atoms with Crippen molar-refractivity contribution in [2.24, 2.45) is 0 Å². The van der Waals surface area contributed by atoms with Gasteiger partial charge in [0.05, 0.1) is 24.1 Å². The number of piperazine rings is 1. The molecule has 2 heterocycles. The molecule has 0 bridgehead atoms. The average molecular weight is 378 g/mol. The molecule has 0 unspecified atom stereocenters. The molecule has 0 aliphatic carbocycles. The van der Waals surface area contributed by atoms with Gasteiger partial charge in [-0.15, -0.1) is 5.10 Å². The van der Waals surface area contributed by atoms with E-state index in [0.29, 0.717) is 43.2 Å². The molecule has 1 aromatic carbocycles. The standard InChI is InChI=1S/C16H19FN6O2S/c1-11(24)21-4-6-22(7-5-21)15-3-2-13(8-14(15)17)23-10-12(19-20-23)9-18-16(25)26/h2-3,8,10H,4-7,9H2,1H3,(H2,18,25,26). The van der Waals surface area contributed by atoms with Crippen LogP contribution in [0.3, 0.4) is 0 Å². The van der Waals surface area contributed by atoms with Crippen LogP contribution in [0, 0.1) is 5.82 Å². The second-order valence-corrected chi connectivity index (χ2v) is 6.35. The van der Waals surface area contributed by atoms with Crippen molar-refractivity contribution in [1.29, 1.82) is 0 Å². The molecule has 1 N–H and O–H groups in total. The number of halogens is 1. The molecule has 0 atom stereocenters. The van der Waals surface area contributed by atoms with Crippen molar-refractivity contribution >= 4 is 29.5 Å². The smallest absolute Gasteiger partial charge is 0.276 e. The number of rotatable bonds is 4. The van der Waals surface area contributed by atoms with Crippen molar-refractivity contribution in [1.82, 2.24) is 25.2 Å². The topological polar surface area (TPSA) is 83.4 Å². The summed E-state index contributed by atoms with van der Waals surface area (Å²) in [6, 6.07) is 4.85. The molecular formula is C16H19FN6O2S. The van der Waals surface area contributed by atoms with E-state index in [4.69, 9.17) is 0 Å². The van der Waals surface area contributed by atoms with Gasteiger partial charge in [0.2, 0.25) is 5.91 Å². The van der Waals surface area contributed by atoms with Gasteiger partial charge < -0.3 is 15.1 Å². The van der Waals surface area contributed by atoms with E-state index < -0.39 is 5.24 Å². The first-order valence-corrected chi connectivity index (χ1v) is 8.57. The molecule has 2 aromatic rings. The van der Waals surface area contributed by atoms with Crippen LogP contribution in [-0.4, -0.2) is 57.2 Å². The number of benzene rings is 1. The summed E-state index contributed by atoms with van der Waals surface area (Å²) < 4.78 is 16.0. The van der Waals surface area contributed by atoms with Gasteiger partial charge in [-0.2, -0.15) is 0 Å². The lowest BCUT2D eigenvalue weighted by molar-refractivity contribution is -0.129. The Kier molecular flexibility index (Phi) is 5.40. The fourth-order valence-electron chi connectivity index (χ4n) is 2.83. The minimum Gasteiger partial charge on any atom is -0.366 e. The van der Waals surface area contributed by atoms with E-state index >= 15 is 0 Å². The molecule has 3 rings (SSSR count). The largest absolute Gasteiger partial charge is 0.366 e. The third kappa shape index (κ3) is 4.13. The Morgan fingerprint density at radius 3 is 2.62 bits per heavy atom. The third-order valence-corrected chi connectivity index (χ3v) is 4.38. The van der Waals surface area contributed by atoms with Crippen molar-refractivity contribution in [3.05, 3.63) is 35.9 Å². The van der Waals surface area contributed by atoms with Gasteiger partial charge in [0.1, 0.15) is 11.5 Å². The van der Waals surface area contributed by atoms with Crippen LogP contribution in [0.15, 0.2) is 24.4 Å². The number of aromatic nitrogens is 3. The lowest BCUT2D eigenvalue weighted by atomic mass is 10.2. The SMILES string of the molecule is CC(=O)N1CCN(c2ccc(-n3cc(CNC(=O)S)nn3)cc2F)CC1. The lowest BCUT2D eigenvalue weighted by Crippen LogP contribution is -2.48. The fourth-order valence-corrected chi connectivity index (χ4v) is 2.91. The van der Waals surface area contributed by atoms with Crippen LogP contribution in [0.4, 0.5) is 14.9 Å². The van der Waals surface area contributed by atoms with Crippen molar-refractivity contribution in [2.45, 2.75) is 13.5 Å². The van der Waals surface area contributed by atoms with Gasteiger partial charge in [0, 0.05) is 39.2 Å². The van der Waals surface area contributed by atoms with Crippen molar-refractivity contribution < 1.29 is 14.0 Å². The number of nitrogens with zero attached hydrogens (tertiary/aromatic N) is 5. The summed E-state index contributed by atoms with van der Waals surface area (Å²) in [6.07, 6.45) is 1.61. The van der Waals surface area contributed by atoms with Crippen LogP contribution in [0.1, 0.15) is 12.6 Å². The number of amides is 2. The summed E-state index contributed by atoms with van der Waals surface area (Å²) in [4.78, 5) is 25.9. The predicted octanol–water partition coefficient (Wildman–Crippen LogP) is 1.21. The highest BCUT2D eigenvalue weighted by Gasteiger charge is 2.21. The number of carbonyl (C=O) groups is 2. The Morgan fingerprint density at radius 1 is 1.27 bits per heavy atom. The van der Waals surface area contributed by atoms with E-state index in [1.54, 1.807) is 30.2 Å². The highest BCUT2D eigenvalue weighted by molar-refractivity contribution is 7.96.